The lowest BCUT2D eigenvalue weighted by Crippen LogP contribution is -2.56. The van der Waals surface area contributed by atoms with E-state index in [1.165, 1.54) is 0 Å². The molecule has 1 aliphatic heterocycles. The first-order valence-corrected chi connectivity index (χ1v) is 9.01. The summed E-state index contributed by atoms with van der Waals surface area (Å²) in [6.45, 7) is 1.69. The molecule has 0 aromatic rings. The van der Waals surface area contributed by atoms with Gasteiger partial charge >= 0.3 is 6.03 Å². The van der Waals surface area contributed by atoms with Crippen LogP contribution in [0.25, 0.3) is 0 Å². The number of carbonyl (C=O) groups excluding carboxylic acids is 1. The number of likely N-dealkylation sites (tertiary alicyclic amines) is 1. The van der Waals surface area contributed by atoms with Crippen molar-refractivity contribution in [2.45, 2.75) is 69.3 Å². The van der Waals surface area contributed by atoms with Gasteiger partial charge in [-0.05, 0) is 38.0 Å². The third-order valence-corrected chi connectivity index (χ3v) is 6.09. The van der Waals surface area contributed by atoms with Crippen molar-refractivity contribution < 1.29 is 18.7 Å². The zero-order valence-electron chi connectivity index (χ0n) is 13.7. The number of aliphatic hydroxyl groups is 1. The molecule has 23 heavy (non-hydrogen) atoms. The van der Waals surface area contributed by atoms with Crippen molar-refractivity contribution in [2.24, 2.45) is 11.8 Å². The van der Waals surface area contributed by atoms with Crippen molar-refractivity contribution in [2.75, 3.05) is 19.6 Å². The van der Waals surface area contributed by atoms with E-state index in [-0.39, 0.29) is 30.7 Å². The van der Waals surface area contributed by atoms with Gasteiger partial charge < -0.3 is 15.3 Å². The Morgan fingerprint density at radius 1 is 1.13 bits per heavy atom. The van der Waals surface area contributed by atoms with E-state index in [0.717, 1.165) is 25.7 Å². The minimum Gasteiger partial charge on any atom is -0.389 e. The van der Waals surface area contributed by atoms with E-state index < -0.39 is 11.5 Å². The third-order valence-electron chi connectivity index (χ3n) is 6.09. The minimum atomic E-state index is -2.52. The van der Waals surface area contributed by atoms with E-state index >= 15 is 0 Å². The first-order valence-electron chi connectivity index (χ1n) is 9.01. The molecule has 0 aromatic heterocycles. The molecule has 2 N–H and O–H groups in total. The number of nitrogens with zero attached hydrogens (tertiary/aromatic N) is 1. The van der Waals surface area contributed by atoms with Gasteiger partial charge in [0.05, 0.1) is 5.60 Å². The number of piperidine rings is 1. The molecule has 0 unspecified atom stereocenters. The Morgan fingerprint density at radius 2 is 1.87 bits per heavy atom. The quantitative estimate of drug-likeness (QED) is 0.817. The lowest BCUT2D eigenvalue weighted by Gasteiger charge is -2.47. The highest BCUT2D eigenvalue weighted by Gasteiger charge is 2.43. The smallest absolute Gasteiger partial charge is 0.317 e. The molecule has 3 rings (SSSR count). The summed E-state index contributed by atoms with van der Waals surface area (Å²) in [5, 5.41) is 13.6. The number of fused-ring (bicyclic) bond motifs is 1. The summed E-state index contributed by atoms with van der Waals surface area (Å²) < 4.78 is 26.3. The topological polar surface area (TPSA) is 52.6 Å². The Kier molecular flexibility index (Phi) is 4.81. The highest BCUT2D eigenvalue weighted by atomic mass is 19.3. The Bertz CT molecular complexity index is 436. The van der Waals surface area contributed by atoms with E-state index in [2.05, 4.69) is 5.32 Å². The fourth-order valence-electron chi connectivity index (χ4n) is 4.40. The van der Waals surface area contributed by atoms with Crippen LogP contribution in [0.5, 0.6) is 0 Å². The Morgan fingerprint density at radius 3 is 2.61 bits per heavy atom. The van der Waals surface area contributed by atoms with Crippen molar-refractivity contribution >= 4 is 6.03 Å². The fraction of sp³-hybridized carbons (Fsp3) is 0.941. The molecule has 0 bridgehead atoms. The van der Waals surface area contributed by atoms with E-state index in [0.29, 0.717) is 38.9 Å². The Hall–Kier alpha value is -0.910. The second-order valence-electron chi connectivity index (χ2n) is 7.73. The summed E-state index contributed by atoms with van der Waals surface area (Å²) in [4.78, 5) is 14.1. The normalized spacial score (nSPS) is 34.7. The van der Waals surface area contributed by atoms with Gasteiger partial charge in [0.25, 0.3) is 0 Å². The molecule has 1 heterocycles. The Labute approximate surface area is 136 Å². The van der Waals surface area contributed by atoms with E-state index in [1.807, 2.05) is 0 Å². The highest BCUT2D eigenvalue weighted by molar-refractivity contribution is 5.74. The molecule has 132 valence electrons. The molecular weight excluding hydrogens is 302 g/mol. The van der Waals surface area contributed by atoms with E-state index in [9.17, 15) is 18.7 Å². The summed E-state index contributed by atoms with van der Waals surface area (Å²) in [7, 11) is 0. The third kappa shape index (κ3) is 3.95. The standard InChI is InChI=1S/C17H28F2N2O2/c18-17(19)7-4-13(5-8-17)11-20-15(22)21-10-9-16(23)6-2-1-3-14(16)12-21/h13-14,23H,1-12H2,(H,20,22)/t14-,16-/m0/s1. The predicted octanol–water partition coefficient (Wildman–Crippen LogP) is 3.15. The number of hydrogen-bond donors (Lipinski definition) is 2. The number of amides is 2. The molecule has 2 amide bonds. The molecular formula is C17H28F2N2O2. The second-order valence-corrected chi connectivity index (χ2v) is 7.73. The maximum absolute atomic E-state index is 13.1. The molecule has 6 heteroatoms. The van der Waals surface area contributed by atoms with Crippen molar-refractivity contribution in [1.29, 1.82) is 0 Å². The summed E-state index contributed by atoms with van der Waals surface area (Å²) >= 11 is 0. The highest BCUT2D eigenvalue weighted by Crippen LogP contribution is 2.40. The van der Waals surface area contributed by atoms with Gasteiger partial charge in [-0.15, -0.1) is 0 Å². The SMILES string of the molecule is O=C(NCC1CCC(F)(F)CC1)N1CC[C@@]2(O)CCCC[C@H]2C1. The maximum Gasteiger partial charge on any atom is 0.317 e. The number of hydrogen-bond acceptors (Lipinski definition) is 2. The van der Waals surface area contributed by atoms with Gasteiger partial charge in [0.2, 0.25) is 5.92 Å². The van der Waals surface area contributed by atoms with E-state index in [4.69, 9.17) is 0 Å². The maximum atomic E-state index is 13.1. The summed E-state index contributed by atoms with van der Waals surface area (Å²) in [5.41, 5.74) is -0.579. The zero-order valence-corrected chi connectivity index (χ0v) is 13.7. The van der Waals surface area contributed by atoms with Crippen molar-refractivity contribution in [3.8, 4) is 0 Å². The average Bonchev–Trinajstić information content (AvgIpc) is 2.52. The van der Waals surface area contributed by atoms with Crippen LogP contribution in [-0.4, -0.2) is 47.2 Å². The van der Waals surface area contributed by atoms with Gasteiger partial charge in [-0.1, -0.05) is 12.8 Å². The largest absolute Gasteiger partial charge is 0.389 e. The van der Waals surface area contributed by atoms with Crippen LogP contribution in [0.2, 0.25) is 0 Å². The summed E-state index contributed by atoms with van der Waals surface area (Å²) in [6.07, 6.45) is 5.52. The van der Waals surface area contributed by atoms with Crippen LogP contribution in [0.4, 0.5) is 13.6 Å². The summed E-state index contributed by atoms with van der Waals surface area (Å²) in [6, 6.07) is -0.102. The van der Waals surface area contributed by atoms with Gasteiger partial charge in [0.1, 0.15) is 0 Å². The molecule has 2 saturated carbocycles. The second kappa shape index (κ2) is 6.54. The number of alkyl halides is 2. The molecule has 1 saturated heterocycles. The first kappa shape index (κ1) is 16.9. The van der Waals surface area contributed by atoms with Crippen LogP contribution in [0.3, 0.4) is 0 Å². The number of urea groups is 1. The van der Waals surface area contributed by atoms with Gasteiger partial charge in [0, 0.05) is 38.4 Å². The van der Waals surface area contributed by atoms with E-state index in [1.54, 1.807) is 4.90 Å². The molecule has 0 radical (unpaired) electrons. The Balaban J connectivity index is 1.44. The predicted molar refractivity (Wildman–Crippen MR) is 83.4 cm³/mol. The van der Waals surface area contributed by atoms with Crippen LogP contribution < -0.4 is 5.32 Å². The molecule has 4 nitrogen and oxygen atoms in total. The number of carbonyl (C=O) groups is 1. The lowest BCUT2D eigenvalue weighted by molar-refractivity contribution is -0.0871. The van der Waals surface area contributed by atoms with Gasteiger partial charge in [-0.2, -0.15) is 0 Å². The molecule has 0 spiro atoms. The average molecular weight is 330 g/mol. The number of rotatable bonds is 2. The number of halogens is 2. The van der Waals surface area contributed by atoms with Crippen molar-refractivity contribution in [3.05, 3.63) is 0 Å². The molecule has 3 fully saturated rings. The van der Waals surface area contributed by atoms with Crippen LogP contribution in [0.1, 0.15) is 57.8 Å². The van der Waals surface area contributed by atoms with Crippen LogP contribution in [0.15, 0.2) is 0 Å². The van der Waals surface area contributed by atoms with Crippen LogP contribution in [0, 0.1) is 11.8 Å². The molecule has 2 atom stereocenters. The lowest BCUT2D eigenvalue weighted by atomic mass is 9.71. The van der Waals surface area contributed by atoms with Gasteiger partial charge in [-0.25, -0.2) is 13.6 Å². The number of nitrogens with one attached hydrogen (secondary N) is 1. The summed E-state index contributed by atoms with van der Waals surface area (Å²) in [5.74, 6) is -2.17. The van der Waals surface area contributed by atoms with Gasteiger partial charge in [0.15, 0.2) is 0 Å². The molecule has 0 aromatic carbocycles. The van der Waals surface area contributed by atoms with Gasteiger partial charge in [-0.3, -0.25) is 0 Å². The first-order chi connectivity index (χ1) is 10.9. The van der Waals surface area contributed by atoms with Crippen LogP contribution in [-0.2, 0) is 0 Å². The minimum absolute atomic E-state index is 0.0631. The van der Waals surface area contributed by atoms with Crippen molar-refractivity contribution in [3.63, 3.8) is 0 Å². The molecule has 2 aliphatic carbocycles. The van der Waals surface area contributed by atoms with Crippen molar-refractivity contribution in [1.82, 2.24) is 10.2 Å². The fourth-order valence-corrected chi connectivity index (χ4v) is 4.40. The zero-order chi connectivity index (χ0) is 16.5. The van der Waals surface area contributed by atoms with Crippen LogP contribution >= 0.6 is 0 Å². The molecule has 3 aliphatic rings. The monoisotopic (exact) mass is 330 g/mol.